The van der Waals surface area contributed by atoms with Crippen LogP contribution in [-0.2, 0) is 9.53 Å². The van der Waals surface area contributed by atoms with E-state index in [4.69, 9.17) is 4.74 Å². The molecule has 3 unspecified atom stereocenters. The zero-order chi connectivity index (χ0) is 10.9. The number of rotatable bonds is 4. The molecule has 0 N–H and O–H groups in total. The average Bonchev–Trinajstić information content (AvgIpc) is 2.78. The Kier molecular flexibility index (Phi) is 3.03. The first-order valence-corrected chi connectivity index (χ1v) is 6.34. The number of carbonyl (C=O) groups excluding carboxylic acids is 1. The van der Waals surface area contributed by atoms with Gasteiger partial charge in [0.1, 0.15) is 0 Å². The molecule has 0 aliphatic heterocycles. The third-order valence-electron chi connectivity index (χ3n) is 4.35. The van der Waals surface area contributed by atoms with Crippen LogP contribution in [0.25, 0.3) is 0 Å². The van der Waals surface area contributed by atoms with Crippen molar-refractivity contribution < 1.29 is 9.53 Å². The summed E-state index contributed by atoms with van der Waals surface area (Å²) >= 11 is 0. The normalized spacial score (nSPS) is 38.3. The number of hydrogen-bond acceptors (Lipinski definition) is 2. The van der Waals surface area contributed by atoms with E-state index in [9.17, 15) is 4.79 Å². The Bertz CT molecular complexity index is 249. The highest BCUT2D eigenvalue weighted by atomic mass is 16.5. The van der Waals surface area contributed by atoms with Crippen molar-refractivity contribution in [3.8, 4) is 0 Å². The summed E-state index contributed by atoms with van der Waals surface area (Å²) in [5.74, 6) is 1.48. The molecule has 2 rings (SSSR count). The number of hydrogen-bond donors (Lipinski definition) is 0. The van der Waals surface area contributed by atoms with Gasteiger partial charge in [-0.1, -0.05) is 19.8 Å². The predicted octanol–water partition coefficient (Wildman–Crippen LogP) is 3.16. The summed E-state index contributed by atoms with van der Waals surface area (Å²) in [6.07, 6.45) is 7.00. The fourth-order valence-corrected chi connectivity index (χ4v) is 3.33. The van der Waals surface area contributed by atoms with E-state index in [2.05, 4.69) is 13.8 Å². The molecular weight excluding hydrogens is 188 g/mol. The van der Waals surface area contributed by atoms with Gasteiger partial charge in [0, 0.05) is 0 Å². The van der Waals surface area contributed by atoms with Crippen LogP contribution in [-0.4, -0.2) is 12.6 Å². The second-order valence-corrected chi connectivity index (χ2v) is 5.49. The van der Waals surface area contributed by atoms with Gasteiger partial charge in [-0.25, -0.2) is 0 Å². The van der Waals surface area contributed by atoms with Gasteiger partial charge in [0.2, 0.25) is 0 Å². The van der Waals surface area contributed by atoms with Crippen LogP contribution >= 0.6 is 0 Å². The quantitative estimate of drug-likeness (QED) is 0.526. The molecule has 15 heavy (non-hydrogen) atoms. The third kappa shape index (κ3) is 1.91. The van der Waals surface area contributed by atoms with E-state index in [0.717, 1.165) is 25.2 Å². The van der Waals surface area contributed by atoms with Crippen molar-refractivity contribution in [2.24, 2.45) is 17.3 Å². The summed E-state index contributed by atoms with van der Waals surface area (Å²) in [4.78, 5) is 12.0. The molecule has 2 saturated carbocycles. The molecule has 2 bridgehead atoms. The van der Waals surface area contributed by atoms with Gasteiger partial charge in [0.15, 0.2) is 0 Å². The van der Waals surface area contributed by atoms with Crippen LogP contribution < -0.4 is 0 Å². The molecule has 3 atom stereocenters. The molecule has 0 aromatic heterocycles. The van der Waals surface area contributed by atoms with Gasteiger partial charge in [-0.3, -0.25) is 4.79 Å². The van der Waals surface area contributed by atoms with Gasteiger partial charge in [-0.2, -0.15) is 0 Å². The Morgan fingerprint density at radius 2 is 2.27 bits per heavy atom. The van der Waals surface area contributed by atoms with Gasteiger partial charge in [0.25, 0.3) is 0 Å². The summed E-state index contributed by atoms with van der Waals surface area (Å²) in [5, 5.41) is 0. The average molecular weight is 210 g/mol. The second kappa shape index (κ2) is 4.15. The van der Waals surface area contributed by atoms with Gasteiger partial charge >= 0.3 is 5.97 Å². The Labute approximate surface area is 92.4 Å². The first-order chi connectivity index (χ1) is 7.16. The lowest BCUT2D eigenvalue weighted by Crippen LogP contribution is -2.35. The zero-order valence-electron chi connectivity index (χ0n) is 9.92. The van der Waals surface area contributed by atoms with E-state index in [-0.39, 0.29) is 11.4 Å². The summed E-state index contributed by atoms with van der Waals surface area (Å²) in [6, 6.07) is 0. The standard InChI is InChI=1S/C13H22O2/c1-3-4-7-15-12(14)13(2)9-10-5-6-11(13)8-10/h10-11H,3-9H2,1-2H3. The smallest absolute Gasteiger partial charge is 0.312 e. The lowest BCUT2D eigenvalue weighted by molar-refractivity contribution is -0.158. The van der Waals surface area contributed by atoms with Crippen molar-refractivity contribution in [2.45, 2.75) is 52.4 Å². The maximum absolute atomic E-state index is 12.0. The van der Waals surface area contributed by atoms with E-state index in [1.54, 1.807) is 0 Å². The number of fused-ring (bicyclic) bond motifs is 2. The van der Waals surface area contributed by atoms with Crippen LogP contribution in [0, 0.1) is 17.3 Å². The van der Waals surface area contributed by atoms with Gasteiger partial charge in [-0.15, -0.1) is 0 Å². The minimum absolute atomic E-state index is 0.0724. The molecule has 2 aliphatic rings. The monoisotopic (exact) mass is 210 g/mol. The van der Waals surface area contributed by atoms with Crippen molar-refractivity contribution in [1.82, 2.24) is 0 Å². The highest BCUT2D eigenvalue weighted by Gasteiger charge is 2.53. The molecule has 0 amide bonds. The van der Waals surface area contributed by atoms with Crippen LogP contribution in [0.1, 0.15) is 52.4 Å². The molecule has 0 aromatic rings. The molecule has 2 nitrogen and oxygen atoms in total. The van der Waals surface area contributed by atoms with E-state index in [1.165, 1.54) is 19.3 Å². The molecule has 0 saturated heterocycles. The molecule has 0 spiro atoms. The Balaban J connectivity index is 1.89. The molecule has 0 aromatic carbocycles. The molecule has 0 heterocycles. The number of ether oxygens (including phenoxy) is 1. The van der Waals surface area contributed by atoms with E-state index in [0.29, 0.717) is 12.5 Å². The summed E-state index contributed by atoms with van der Waals surface area (Å²) < 4.78 is 5.38. The van der Waals surface area contributed by atoms with Crippen LogP contribution in [0.2, 0.25) is 0 Å². The topological polar surface area (TPSA) is 26.3 Å². The van der Waals surface area contributed by atoms with Gasteiger partial charge < -0.3 is 4.74 Å². The fraction of sp³-hybridized carbons (Fsp3) is 0.923. The molecule has 2 heteroatoms. The van der Waals surface area contributed by atoms with Crippen LogP contribution in [0.15, 0.2) is 0 Å². The largest absolute Gasteiger partial charge is 0.465 e. The van der Waals surface area contributed by atoms with Crippen molar-refractivity contribution in [2.75, 3.05) is 6.61 Å². The lowest BCUT2D eigenvalue weighted by Gasteiger charge is -2.31. The summed E-state index contributed by atoms with van der Waals surface area (Å²) in [7, 11) is 0. The van der Waals surface area contributed by atoms with Crippen LogP contribution in [0.5, 0.6) is 0 Å². The number of esters is 1. The number of unbranched alkanes of at least 4 members (excludes halogenated alkanes) is 1. The van der Waals surface area contributed by atoms with E-state index < -0.39 is 0 Å². The maximum Gasteiger partial charge on any atom is 0.312 e. The van der Waals surface area contributed by atoms with Crippen molar-refractivity contribution in [3.63, 3.8) is 0 Å². The highest BCUT2D eigenvalue weighted by molar-refractivity contribution is 5.77. The maximum atomic E-state index is 12.0. The number of carbonyl (C=O) groups is 1. The molecule has 2 fully saturated rings. The van der Waals surface area contributed by atoms with Crippen LogP contribution in [0.4, 0.5) is 0 Å². The lowest BCUT2D eigenvalue weighted by atomic mass is 9.75. The predicted molar refractivity (Wildman–Crippen MR) is 59.4 cm³/mol. The minimum Gasteiger partial charge on any atom is -0.465 e. The Hall–Kier alpha value is -0.530. The first-order valence-electron chi connectivity index (χ1n) is 6.34. The van der Waals surface area contributed by atoms with Crippen molar-refractivity contribution >= 4 is 5.97 Å². The van der Waals surface area contributed by atoms with Crippen molar-refractivity contribution in [1.29, 1.82) is 0 Å². The highest BCUT2D eigenvalue weighted by Crippen LogP contribution is 2.56. The second-order valence-electron chi connectivity index (χ2n) is 5.49. The fourth-order valence-electron chi connectivity index (χ4n) is 3.33. The van der Waals surface area contributed by atoms with E-state index in [1.807, 2.05) is 0 Å². The molecule has 86 valence electrons. The third-order valence-corrected chi connectivity index (χ3v) is 4.35. The first kappa shape index (κ1) is 11.0. The van der Waals surface area contributed by atoms with Crippen molar-refractivity contribution in [3.05, 3.63) is 0 Å². The zero-order valence-corrected chi connectivity index (χ0v) is 9.92. The van der Waals surface area contributed by atoms with Crippen LogP contribution in [0.3, 0.4) is 0 Å². The van der Waals surface area contributed by atoms with Gasteiger partial charge in [-0.05, 0) is 44.4 Å². The SMILES string of the molecule is CCCCOC(=O)C1(C)CC2CCC1C2. The Morgan fingerprint density at radius 3 is 2.80 bits per heavy atom. The van der Waals surface area contributed by atoms with E-state index >= 15 is 0 Å². The minimum atomic E-state index is -0.142. The Morgan fingerprint density at radius 1 is 1.47 bits per heavy atom. The summed E-state index contributed by atoms with van der Waals surface area (Å²) in [5.41, 5.74) is -0.142. The van der Waals surface area contributed by atoms with Gasteiger partial charge in [0.05, 0.1) is 12.0 Å². The molecule has 2 aliphatic carbocycles. The molecule has 0 radical (unpaired) electrons. The molecular formula is C13H22O2. The summed E-state index contributed by atoms with van der Waals surface area (Å²) in [6.45, 7) is 4.85.